The van der Waals surface area contributed by atoms with Gasteiger partial charge in [0.1, 0.15) is 18.1 Å². The first kappa shape index (κ1) is 30.3. The number of hydrogen-bond acceptors (Lipinski definition) is 6. The standard InChI is InChI=1S/C36H38O6/c1-24-15-31(25(2)14-30(24)12-10-26-17-32(38-3)21-33(18-26)39-4)13-11-27-19-34(40-5)36(35(20-27)41-6)42-23-29-9-7-8-28(16-29)22-37/h7-21,37H,22-23H2,1-6H3/b12-10+,13-11+. The Bertz CT molecular complexity index is 1540. The quantitative estimate of drug-likeness (QED) is 0.177. The van der Waals surface area contributed by atoms with Crippen molar-refractivity contribution in [3.05, 3.63) is 111 Å². The Kier molecular flexibility index (Phi) is 10.3. The first-order valence-electron chi connectivity index (χ1n) is 13.6. The highest BCUT2D eigenvalue weighted by atomic mass is 16.5. The van der Waals surface area contributed by atoms with Gasteiger partial charge >= 0.3 is 0 Å². The normalized spacial score (nSPS) is 11.2. The molecule has 0 aromatic heterocycles. The van der Waals surface area contributed by atoms with E-state index in [2.05, 4.69) is 44.2 Å². The van der Waals surface area contributed by atoms with Gasteiger partial charge in [0.05, 0.1) is 35.0 Å². The molecule has 6 heteroatoms. The number of hydrogen-bond donors (Lipinski definition) is 1. The Labute approximate surface area is 248 Å². The fourth-order valence-electron chi connectivity index (χ4n) is 4.63. The minimum Gasteiger partial charge on any atom is -0.497 e. The van der Waals surface area contributed by atoms with Crippen LogP contribution in [0.4, 0.5) is 0 Å². The zero-order valence-corrected chi connectivity index (χ0v) is 25.1. The summed E-state index contributed by atoms with van der Waals surface area (Å²) in [6, 6.07) is 21.7. The van der Waals surface area contributed by atoms with Crippen LogP contribution in [0.15, 0.2) is 66.7 Å². The highest BCUT2D eigenvalue weighted by molar-refractivity contribution is 5.77. The van der Waals surface area contributed by atoms with Gasteiger partial charge in [-0.1, -0.05) is 60.7 Å². The first-order chi connectivity index (χ1) is 20.4. The van der Waals surface area contributed by atoms with Crippen LogP contribution in [0.3, 0.4) is 0 Å². The van der Waals surface area contributed by atoms with Crippen LogP contribution in [0.1, 0.15) is 44.5 Å². The van der Waals surface area contributed by atoms with Crippen LogP contribution in [0.2, 0.25) is 0 Å². The molecule has 0 aliphatic rings. The van der Waals surface area contributed by atoms with E-state index in [0.717, 1.165) is 56.0 Å². The molecule has 4 rings (SSSR count). The second kappa shape index (κ2) is 14.3. The molecule has 4 aromatic carbocycles. The van der Waals surface area contributed by atoms with Crippen LogP contribution in [-0.4, -0.2) is 33.5 Å². The van der Waals surface area contributed by atoms with Crippen molar-refractivity contribution in [2.24, 2.45) is 0 Å². The lowest BCUT2D eigenvalue weighted by Gasteiger charge is -2.16. The van der Waals surface area contributed by atoms with Gasteiger partial charge in [-0.2, -0.15) is 0 Å². The lowest BCUT2D eigenvalue weighted by molar-refractivity contribution is 0.264. The molecule has 6 nitrogen and oxygen atoms in total. The maximum atomic E-state index is 9.42. The van der Waals surface area contributed by atoms with Gasteiger partial charge in [-0.05, 0) is 82.6 Å². The largest absolute Gasteiger partial charge is 0.497 e. The van der Waals surface area contributed by atoms with Crippen LogP contribution in [0, 0.1) is 13.8 Å². The number of aryl methyl sites for hydroxylation is 2. The summed E-state index contributed by atoms with van der Waals surface area (Å²) in [6.07, 6.45) is 8.31. The highest BCUT2D eigenvalue weighted by Gasteiger charge is 2.14. The van der Waals surface area contributed by atoms with E-state index < -0.39 is 0 Å². The highest BCUT2D eigenvalue weighted by Crippen LogP contribution is 2.39. The van der Waals surface area contributed by atoms with Crippen LogP contribution < -0.4 is 23.7 Å². The first-order valence-corrected chi connectivity index (χ1v) is 13.6. The van der Waals surface area contributed by atoms with Crippen molar-refractivity contribution < 1.29 is 28.8 Å². The third kappa shape index (κ3) is 7.53. The van der Waals surface area contributed by atoms with E-state index in [1.54, 1.807) is 28.4 Å². The molecule has 0 radical (unpaired) electrons. The molecule has 0 bridgehead atoms. The van der Waals surface area contributed by atoms with Crippen molar-refractivity contribution in [2.75, 3.05) is 28.4 Å². The molecule has 218 valence electrons. The molecule has 0 amide bonds. The molecule has 42 heavy (non-hydrogen) atoms. The van der Waals surface area contributed by atoms with Gasteiger partial charge in [-0.15, -0.1) is 0 Å². The minimum absolute atomic E-state index is 0.0150. The van der Waals surface area contributed by atoms with E-state index in [-0.39, 0.29) is 6.61 Å². The number of aliphatic hydroxyl groups excluding tert-OH is 1. The van der Waals surface area contributed by atoms with E-state index >= 15 is 0 Å². The predicted molar refractivity (Wildman–Crippen MR) is 170 cm³/mol. The van der Waals surface area contributed by atoms with Gasteiger partial charge in [0.2, 0.25) is 5.75 Å². The van der Waals surface area contributed by atoms with Gasteiger partial charge in [-0.25, -0.2) is 0 Å². The average molecular weight is 567 g/mol. The van der Waals surface area contributed by atoms with Crippen LogP contribution in [0.5, 0.6) is 28.7 Å². The fraction of sp³-hybridized carbons (Fsp3) is 0.222. The molecule has 0 unspecified atom stereocenters. The summed E-state index contributed by atoms with van der Waals surface area (Å²) >= 11 is 0. The van der Waals surface area contributed by atoms with E-state index in [4.69, 9.17) is 23.7 Å². The zero-order valence-electron chi connectivity index (χ0n) is 25.1. The fourth-order valence-corrected chi connectivity index (χ4v) is 4.63. The average Bonchev–Trinajstić information content (AvgIpc) is 3.02. The lowest BCUT2D eigenvalue weighted by Crippen LogP contribution is -2.01. The number of ether oxygens (including phenoxy) is 5. The van der Waals surface area contributed by atoms with Gasteiger partial charge in [0.15, 0.2) is 11.5 Å². The SMILES string of the molecule is COc1cc(/C=C/c2cc(C)c(/C=C/c3cc(OC)c(OCc4cccc(CO)c4)c(OC)c3)cc2C)cc(OC)c1. The van der Waals surface area contributed by atoms with Crippen molar-refractivity contribution >= 4 is 24.3 Å². The third-order valence-corrected chi connectivity index (χ3v) is 6.98. The number of benzene rings is 4. The zero-order chi connectivity index (χ0) is 30.1. The van der Waals surface area contributed by atoms with Crippen molar-refractivity contribution in [3.63, 3.8) is 0 Å². The summed E-state index contributed by atoms with van der Waals surface area (Å²) < 4.78 is 28.2. The minimum atomic E-state index is -0.0150. The summed E-state index contributed by atoms with van der Waals surface area (Å²) in [5.74, 6) is 3.19. The molecular formula is C36H38O6. The van der Waals surface area contributed by atoms with E-state index in [1.807, 2.05) is 60.7 Å². The second-order valence-electron chi connectivity index (χ2n) is 9.90. The third-order valence-electron chi connectivity index (χ3n) is 6.98. The molecule has 4 aromatic rings. The summed E-state index contributed by atoms with van der Waals surface area (Å²) in [5, 5.41) is 9.42. The summed E-state index contributed by atoms with van der Waals surface area (Å²) in [6.45, 7) is 4.52. The Morgan fingerprint density at radius 3 is 1.62 bits per heavy atom. The van der Waals surface area contributed by atoms with E-state index in [9.17, 15) is 5.11 Å². The summed E-state index contributed by atoms with van der Waals surface area (Å²) in [4.78, 5) is 0. The molecule has 0 heterocycles. The molecule has 0 fully saturated rings. The smallest absolute Gasteiger partial charge is 0.203 e. The summed E-state index contributed by atoms with van der Waals surface area (Å²) in [7, 11) is 6.53. The number of rotatable bonds is 12. The maximum absolute atomic E-state index is 9.42. The summed E-state index contributed by atoms with van der Waals surface area (Å²) in [5.41, 5.74) is 8.28. The molecule has 0 aliphatic carbocycles. The molecule has 0 atom stereocenters. The van der Waals surface area contributed by atoms with Crippen molar-refractivity contribution in [1.82, 2.24) is 0 Å². The number of methoxy groups -OCH3 is 4. The van der Waals surface area contributed by atoms with Crippen LogP contribution >= 0.6 is 0 Å². The van der Waals surface area contributed by atoms with Crippen LogP contribution in [0.25, 0.3) is 24.3 Å². The molecule has 0 spiro atoms. The molecule has 1 N–H and O–H groups in total. The monoisotopic (exact) mass is 566 g/mol. The Balaban J connectivity index is 1.54. The molecule has 0 aliphatic heterocycles. The van der Waals surface area contributed by atoms with Crippen LogP contribution in [-0.2, 0) is 13.2 Å². The molecule has 0 saturated carbocycles. The maximum Gasteiger partial charge on any atom is 0.203 e. The molecular weight excluding hydrogens is 528 g/mol. The van der Waals surface area contributed by atoms with Gasteiger partial charge in [-0.3, -0.25) is 0 Å². The Morgan fingerprint density at radius 1 is 0.595 bits per heavy atom. The Morgan fingerprint density at radius 2 is 1.12 bits per heavy atom. The topological polar surface area (TPSA) is 66.4 Å². The number of aliphatic hydroxyl groups is 1. The van der Waals surface area contributed by atoms with Gasteiger partial charge < -0.3 is 28.8 Å². The second-order valence-corrected chi connectivity index (χ2v) is 9.90. The van der Waals surface area contributed by atoms with Gasteiger partial charge in [0.25, 0.3) is 0 Å². The lowest BCUT2D eigenvalue weighted by atomic mass is 9.98. The van der Waals surface area contributed by atoms with Crippen molar-refractivity contribution in [2.45, 2.75) is 27.1 Å². The van der Waals surface area contributed by atoms with E-state index in [1.165, 1.54) is 0 Å². The van der Waals surface area contributed by atoms with Crippen molar-refractivity contribution in [3.8, 4) is 28.7 Å². The van der Waals surface area contributed by atoms with Crippen molar-refractivity contribution in [1.29, 1.82) is 0 Å². The van der Waals surface area contributed by atoms with Gasteiger partial charge in [0, 0.05) is 6.07 Å². The molecule has 0 saturated heterocycles. The van der Waals surface area contributed by atoms with E-state index in [0.29, 0.717) is 23.9 Å². The Hall–Kier alpha value is -4.68. The predicted octanol–water partition coefficient (Wildman–Crippen LogP) is 7.75.